The number of nitrogens with one attached hydrogen (secondary N) is 1. The normalized spacial score (nSPS) is 11.1. The van der Waals surface area contributed by atoms with E-state index in [1.165, 1.54) is 11.6 Å². The van der Waals surface area contributed by atoms with Gasteiger partial charge in [-0.05, 0) is 43.9 Å². The lowest BCUT2D eigenvalue weighted by atomic mass is 9.94. The molecule has 3 heteroatoms. The maximum atomic E-state index is 11.0. The van der Waals surface area contributed by atoms with E-state index in [4.69, 9.17) is 11.6 Å². The maximum Gasteiger partial charge on any atom is 0.243 e. The molecule has 0 aliphatic rings. The fraction of sp³-hybridized carbons (Fsp3) is 0.400. The second-order valence-corrected chi connectivity index (χ2v) is 5.67. The zero-order valence-corrected chi connectivity index (χ0v) is 11.8. The van der Waals surface area contributed by atoms with E-state index >= 15 is 0 Å². The molecule has 0 bridgehead atoms. The first kappa shape index (κ1) is 14.8. The van der Waals surface area contributed by atoms with Crippen LogP contribution in [-0.2, 0) is 16.1 Å². The molecule has 0 spiro atoms. The Morgan fingerprint density at radius 3 is 2.72 bits per heavy atom. The summed E-state index contributed by atoms with van der Waals surface area (Å²) in [5, 5.41) is 2.77. The van der Waals surface area contributed by atoms with Crippen molar-refractivity contribution in [2.45, 2.75) is 31.6 Å². The van der Waals surface area contributed by atoms with Crippen LogP contribution >= 0.6 is 11.6 Å². The highest BCUT2D eigenvalue weighted by Crippen LogP contribution is 2.30. The molecule has 0 heterocycles. The summed E-state index contributed by atoms with van der Waals surface area (Å²) in [4.78, 5) is 10.6. The number of aryl methyl sites for hydroxylation is 1. The van der Waals surface area contributed by atoms with Crippen LogP contribution in [0.2, 0.25) is 0 Å². The average Bonchev–Trinajstić information content (AvgIpc) is 2.33. The minimum Gasteiger partial charge on any atom is -0.353 e. The molecule has 0 saturated heterocycles. The molecule has 2 nitrogen and oxygen atoms in total. The van der Waals surface area contributed by atoms with E-state index < -0.39 is 0 Å². The van der Waals surface area contributed by atoms with Gasteiger partial charge in [-0.1, -0.05) is 30.8 Å². The smallest absolute Gasteiger partial charge is 0.243 e. The van der Waals surface area contributed by atoms with Crippen molar-refractivity contribution >= 4 is 17.5 Å². The van der Waals surface area contributed by atoms with Gasteiger partial charge < -0.3 is 5.32 Å². The number of benzene rings is 1. The van der Waals surface area contributed by atoms with Crippen LogP contribution < -0.4 is 5.32 Å². The summed E-state index contributed by atoms with van der Waals surface area (Å²) in [5.41, 5.74) is 2.40. The number of hydrogen-bond acceptors (Lipinski definition) is 1. The molecule has 1 aromatic carbocycles. The number of hydrogen-bond donors (Lipinski definition) is 1. The highest BCUT2D eigenvalue weighted by molar-refractivity contribution is 6.23. The van der Waals surface area contributed by atoms with E-state index in [0.717, 1.165) is 18.4 Å². The molecule has 0 aliphatic carbocycles. The molecule has 0 unspecified atom stereocenters. The van der Waals surface area contributed by atoms with Crippen molar-refractivity contribution in [3.05, 3.63) is 48.0 Å². The molecule has 0 fully saturated rings. The summed E-state index contributed by atoms with van der Waals surface area (Å²) in [5.74, 6) is -0.124. The predicted molar refractivity (Wildman–Crippen MR) is 76.8 cm³/mol. The Morgan fingerprint density at radius 2 is 2.11 bits per heavy atom. The minimum atomic E-state index is -0.360. The van der Waals surface area contributed by atoms with Gasteiger partial charge in [-0.2, -0.15) is 0 Å². The molecule has 0 radical (unpaired) electrons. The Kier molecular flexibility index (Phi) is 5.42. The predicted octanol–water partition coefficient (Wildman–Crippen LogP) is 3.40. The van der Waals surface area contributed by atoms with Crippen molar-refractivity contribution in [3.63, 3.8) is 0 Å². The van der Waals surface area contributed by atoms with E-state index in [9.17, 15) is 4.79 Å². The molecule has 1 aromatic rings. The molecule has 1 N–H and O–H groups in total. The van der Waals surface area contributed by atoms with Crippen molar-refractivity contribution in [1.82, 2.24) is 5.32 Å². The topological polar surface area (TPSA) is 29.1 Å². The van der Waals surface area contributed by atoms with Crippen molar-refractivity contribution in [2.75, 3.05) is 6.54 Å². The zero-order valence-electron chi connectivity index (χ0n) is 11.0. The number of carbonyl (C=O) groups excluding carboxylic acids is 1. The van der Waals surface area contributed by atoms with Crippen LogP contribution in [0.5, 0.6) is 0 Å². The van der Waals surface area contributed by atoms with Gasteiger partial charge in [0, 0.05) is 6.54 Å². The number of alkyl halides is 1. The third kappa shape index (κ3) is 4.53. The van der Waals surface area contributed by atoms with Gasteiger partial charge >= 0.3 is 0 Å². The largest absolute Gasteiger partial charge is 0.353 e. The van der Waals surface area contributed by atoms with Crippen LogP contribution in [0.25, 0.3) is 0 Å². The van der Waals surface area contributed by atoms with E-state index in [1.54, 1.807) is 0 Å². The molecule has 0 aliphatic heterocycles. The second kappa shape index (κ2) is 6.60. The summed E-state index contributed by atoms with van der Waals surface area (Å²) >= 11 is 6.37. The Bertz CT molecular complexity index is 421. The molecule has 0 atom stereocenters. The van der Waals surface area contributed by atoms with Crippen molar-refractivity contribution in [1.29, 1.82) is 0 Å². The maximum absolute atomic E-state index is 11.0. The number of carbonyl (C=O) groups is 1. The third-order valence-corrected chi connectivity index (χ3v) is 2.97. The van der Waals surface area contributed by atoms with Gasteiger partial charge in [-0.3, -0.25) is 4.79 Å². The average molecular weight is 266 g/mol. The van der Waals surface area contributed by atoms with Gasteiger partial charge in [0.05, 0.1) is 4.87 Å². The molecule has 1 amide bonds. The summed E-state index contributed by atoms with van der Waals surface area (Å²) in [6, 6.07) is 8.17. The summed E-state index contributed by atoms with van der Waals surface area (Å²) in [6.07, 6.45) is 3.09. The van der Waals surface area contributed by atoms with E-state index in [1.807, 2.05) is 26.0 Å². The van der Waals surface area contributed by atoms with Crippen molar-refractivity contribution < 1.29 is 4.79 Å². The molecular weight excluding hydrogens is 246 g/mol. The molecular formula is C15H20ClNO. The lowest BCUT2D eigenvalue weighted by molar-refractivity contribution is -0.116. The standard InChI is InChI=1S/C15H20ClNO/c1-4-14(18)17-11-7-9-12-8-5-6-10-13(12)15(2,3)16/h4-6,8,10H,1,7,9,11H2,2-3H3,(H,17,18). The SMILES string of the molecule is C=CC(=O)NCCCc1ccccc1C(C)(C)Cl. The van der Waals surface area contributed by atoms with Gasteiger partial charge in [0.25, 0.3) is 0 Å². The van der Waals surface area contributed by atoms with Crippen LogP contribution in [0.1, 0.15) is 31.4 Å². The number of amides is 1. The molecule has 0 saturated carbocycles. The van der Waals surface area contributed by atoms with Crippen molar-refractivity contribution in [3.8, 4) is 0 Å². The van der Waals surface area contributed by atoms with Gasteiger partial charge in [-0.15, -0.1) is 11.6 Å². The number of halogens is 1. The highest BCUT2D eigenvalue weighted by atomic mass is 35.5. The van der Waals surface area contributed by atoms with Crippen LogP contribution in [0.15, 0.2) is 36.9 Å². The Balaban J connectivity index is 2.57. The zero-order chi connectivity index (χ0) is 13.6. The van der Waals surface area contributed by atoms with Gasteiger partial charge in [0.15, 0.2) is 0 Å². The Labute approximate surface area is 114 Å². The summed E-state index contributed by atoms with van der Waals surface area (Å²) in [7, 11) is 0. The van der Waals surface area contributed by atoms with Crippen LogP contribution in [0.3, 0.4) is 0 Å². The molecule has 1 rings (SSSR count). The van der Waals surface area contributed by atoms with Crippen LogP contribution in [-0.4, -0.2) is 12.5 Å². The first-order chi connectivity index (χ1) is 8.45. The van der Waals surface area contributed by atoms with E-state index in [-0.39, 0.29) is 10.8 Å². The second-order valence-electron chi connectivity index (χ2n) is 4.73. The summed E-state index contributed by atoms with van der Waals surface area (Å²) in [6.45, 7) is 8.05. The molecule has 0 aromatic heterocycles. The lowest BCUT2D eigenvalue weighted by Gasteiger charge is -2.20. The third-order valence-electron chi connectivity index (χ3n) is 2.77. The number of rotatable bonds is 6. The minimum absolute atomic E-state index is 0.124. The van der Waals surface area contributed by atoms with Crippen molar-refractivity contribution in [2.24, 2.45) is 0 Å². The van der Waals surface area contributed by atoms with Crippen LogP contribution in [0, 0.1) is 0 Å². The first-order valence-electron chi connectivity index (χ1n) is 6.12. The van der Waals surface area contributed by atoms with Crippen LogP contribution in [0.4, 0.5) is 0 Å². The van der Waals surface area contributed by atoms with Gasteiger partial charge in [0.2, 0.25) is 5.91 Å². The Morgan fingerprint density at radius 1 is 1.44 bits per heavy atom. The lowest BCUT2D eigenvalue weighted by Crippen LogP contribution is -2.22. The van der Waals surface area contributed by atoms with Gasteiger partial charge in [-0.25, -0.2) is 0 Å². The fourth-order valence-corrected chi connectivity index (χ4v) is 2.07. The first-order valence-corrected chi connectivity index (χ1v) is 6.50. The van der Waals surface area contributed by atoms with Gasteiger partial charge in [0.1, 0.15) is 0 Å². The summed E-state index contributed by atoms with van der Waals surface area (Å²) < 4.78 is 0. The highest BCUT2D eigenvalue weighted by Gasteiger charge is 2.19. The van der Waals surface area contributed by atoms with E-state index in [2.05, 4.69) is 24.0 Å². The fourth-order valence-electron chi connectivity index (χ4n) is 1.88. The quantitative estimate of drug-likeness (QED) is 0.477. The Hall–Kier alpha value is -1.28. The monoisotopic (exact) mass is 265 g/mol. The molecule has 18 heavy (non-hydrogen) atoms. The molecule has 98 valence electrons. The van der Waals surface area contributed by atoms with E-state index in [0.29, 0.717) is 6.54 Å².